The van der Waals surface area contributed by atoms with Gasteiger partial charge >= 0.3 is 0 Å². The fourth-order valence-corrected chi connectivity index (χ4v) is 9.18. The first-order valence-electron chi connectivity index (χ1n) is 19.0. The van der Waals surface area contributed by atoms with Gasteiger partial charge in [-0.1, -0.05) is 156 Å². The van der Waals surface area contributed by atoms with Crippen LogP contribution in [0, 0.1) is 12.3 Å². The van der Waals surface area contributed by atoms with E-state index in [1.165, 1.54) is 33.0 Å². The Bertz CT molecular complexity index is 2960. The number of benzene rings is 6. The number of hydrogen-bond acceptors (Lipinski definition) is 3. The van der Waals surface area contributed by atoms with Crippen molar-refractivity contribution in [1.82, 2.24) is 24.1 Å². The zero-order chi connectivity index (χ0) is 37.1. The van der Waals surface area contributed by atoms with Crippen molar-refractivity contribution in [1.29, 1.82) is 0 Å². The number of hydrogen-bond donors (Lipinski definition) is 0. The molecule has 0 saturated heterocycles. The zero-order valence-electron chi connectivity index (χ0n) is 31.9. The molecule has 1 aliphatic rings. The Morgan fingerprint density at radius 2 is 0.963 bits per heavy atom. The summed E-state index contributed by atoms with van der Waals surface area (Å²) >= 11 is 0. The van der Waals surface area contributed by atoms with Crippen LogP contribution in [-0.2, 0) is 10.8 Å². The van der Waals surface area contributed by atoms with Gasteiger partial charge in [-0.3, -0.25) is 4.57 Å². The molecule has 0 aliphatic heterocycles. The third kappa shape index (κ3) is 4.35. The lowest BCUT2D eigenvalue weighted by atomic mass is 9.59. The van der Waals surface area contributed by atoms with E-state index >= 15 is 0 Å². The highest BCUT2D eigenvalue weighted by molar-refractivity contribution is 6.23. The number of fused-ring (bicyclic) bond motifs is 8. The molecule has 0 unspecified atom stereocenters. The van der Waals surface area contributed by atoms with E-state index in [4.69, 9.17) is 15.0 Å². The van der Waals surface area contributed by atoms with Crippen molar-refractivity contribution in [3.05, 3.63) is 150 Å². The minimum atomic E-state index is -0.0318. The monoisotopic (exact) mass is 701 g/mol. The van der Waals surface area contributed by atoms with Crippen molar-refractivity contribution in [3.8, 4) is 34.4 Å². The number of rotatable bonds is 4. The van der Waals surface area contributed by atoms with Gasteiger partial charge in [0.1, 0.15) is 0 Å². The van der Waals surface area contributed by atoms with Gasteiger partial charge in [-0.15, -0.1) is 0 Å². The van der Waals surface area contributed by atoms with Crippen molar-refractivity contribution in [2.45, 2.75) is 59.3 Å². The van der Waals surface area contributed by atoms with E-state index in [1.807, 2.05) is 18.2 Å². The lowest BCUT2D eigenvalue weighted by Crippen LogP contribution is -2.42. The van der Waals surface area contributed by atoms with E-state index in [1.54, 1.807) is 0 Å². The van der Waals surface area contributed by atoms with E-state index in [-0.39, 0.29) is 16.2 Å². The summed E-state index contributed by atoms with van der Waals surface area (Å²) in [5, 5.41) is 4.72. The van der Waals surface area contributed by atoms with Crippen molar-refractivity contribution >= 4 is 43.6 Å². The molecule has 264 valence electrons. The molecule has 5 heteroatoms. The maximum Gasteiger partial charge on any atom is 0.238 e. The second-order valence-electron chi connectivity index (χ2n) is 16.7. The van der Waals surface area contributed by atoms with Crippen LogP contribution in [0.5, 0.6) is 0 Å². The molecule has 5 nitrogen and oxygen atoms in total. The fraction of sp³-hybridized carbons (Fsp3) is 0.204. The Morgan fingerprint density at radius 3 is 1.59 bits per heavy atom. The molecular weight excluding hydrogens is 659 g/mol. The standard InChI is InChI=1S/C49H43N5/c1-30-21-23-32(24-22-30)45-50-44(31-15-9-8-10-16-31)51-46(52-45)54-41-20-14-12-18-35(41)37-27-26-36-34-17-11-13-19-40(34)53(42(36)43(37)54)33-25-28-38-39(29-33)48(4,5)49(6,7)47(38,2)3/h8-29H,1-7H3. The molecule has 0 radical (unpaired) electrons. The van der Waals surface area contributed by atoms with E-state index in [9.17, 15) is 0 Å². The van der Waals surface area contributed by atoms with Crippen LogP contribution in [-0.4, -0.2) is 24.1 Å². The summed E-state index contributed by atoms with van der Waals surface area (Å²) in [4.78, 5) is 15.6. The molecule has 0 amide bonds. The van der Waals surface area contributed by atoms with Crippen LogP contribution >= 0.6 is 0 Å². The summed E-state index contributed by atoms with van der Waals surface area (Å²) in [6.07, 6.45) is 0. The first-order valence-corrected chi connectivity index (χ1v) is 19.0. The van der Waals surface area contributed by atoms with Gasteiger partial charge < -0.3 is 4.57 Å². The molecule has 6 aromatic carbocycles. The lowest BCUT2D eigenvalue weighted by molar-refractivity contribution is 0.125. The van der Waals surface area contributed by atoms with Crippen molar-refractivity contribution in [2.24, 2.45) is 5.41 Å². The summed E-state index contributed by atoms with van der Waals surface area (Å²) in [6, 6.07) is 47.9. The van der Waals surface area contributed by atoms with Gasteiger partial charge in [-0.05, 0) is 58.6 Å². The number of para-hydroxylation sites is 2. The Labute approximate surface area is 316 Å². The molecule has 0 N–H and O–H groups in total. The maximum absolute atomic E-state index is 5.29. The molecule has 54 heavy (non-hydrogen) atoms. The molecule has 0 saturated carbocycles. The highest BCUT2D eigenvalue weighted by Gasteiger charge is 2.56. The Kier molecular flexibility index (Phi) is 6.77. The molecule has 9 aromatic rings. The van der Waals surface area contributed by atoms with Crippen LogP contribution in [0.4, 0.5) is 0 Å². The van der Waals surface area contributed by atoms with E-state index < -0.39 is 0 Å². The minimum absolute atomic E-state index is 0.0230. The predicted molar refractivity (Wildman–Crippen MR) is 224 cm³/mol. The summed E-state index contributed by atoms with van der Waals surface area (Å²) in [5.41, 5.74) is 11.6. The van der Waals surface area contributed by atoms with Crippen LogP contribution < -0.4 is 0 Å². The molecule has 3 aromatic heterocycles. The van der Waals surface area contributed by atoms with Gasteiger partial charge in [0, 0.05) is 38.4 Å². The fourth-order valence-electron chi connectivity index (χ4n) is 9.18. The molecule has 0 bridgehead atoms. The molecule has 1 aliphatic carbocycles. The van der Waals surface area contributed by atoms with E-state index in [0.717, 1.165) is 44.1 Å². The summed E-state index contributed by atoms with van der Waals surface area (Å²) < 4.78 is 4.76. The highest BCUT2D eigenvalue weighted by Crippen LogP contribution is 2.61. The van der Waals surface area contributed by atoms with Gasteiger partial charge in [0.15, 0.2) is 11.6 Å². The van der Waals surface area contributed by atoms with Gasteiger partial charge in [0.25, 0.3) is 0 Å². The van der Waals surface area contributed by atoms with Gasteiger partial charge in [0.05, 0.1) is 22.1 Å². The number of aryl methyl sites for hydroxylation is 1. The van der Waals surface area contributed by atoms with E-state index in [0.29, 0.717) is 17.6 Å². The summed E-state index contributed by atoms with van der Waals surface area (Å²) in [7, 11) is 0. The van der Waals surface area contributed by atoms with Crippen molar-refractivity contribution < 1.29 is 0 Å². The lowest BCUT2D eigenvalue weighted by Gasteiger charge is -2.44. The zero-order valence-corrected chi connectivity index (χ0v) is 31.9. The first-order chi connectivity index (χ1) is 26.0. The van der Waals surface area contributed by atoms with Crippen LogP contribution in [0.3, 0.4) is 0 Å². The topological polar surface area (TPSA) is 48.5 Å². The van der Waals surface area contributed by atoms with Crippen LogP contribution in [0.25, 0.3) is 78.0 Å². The molecule has 0 atom stereocenters. The molecule has 0 fully saturated rings. The minimum Gasteiger partial charge on any atom is -0.307 e. The third-order valence-electron chi connectivity index (χ3n) is 13.4. The third-order valence-corrected chi connectivity index (χ3v) is 13.4. The second-order valence-corrected chi connectivity index (χ2v) is 16.7. The van der Waals surface area contributed by atoms with Crippen molar-refractivity contribution in [3.63, 3.8) is 0 Å². The Hall–Kier alpha value is -6.07. The average Bonchev–Trinajstić information content (AvgIpc) is 3.74. The van der Waals surface area contributed by atoms with Crippen LogP contribution in [0.15, 0.2) is 133 Å². The largest absolute Gasteiger partial charge is 0.307 e. The van der Waals surface area contributed by atoms with Gasteiger partial charge in [-0.2, -0.15) is 9.97 Å². The van der Waals surface area contributed by atoms with Crippen molar-refractivity contribution in [2.75, 3.05) is 0 Å². The molecule has 3 heterocycles. The SMILES string of the molecule is Cc1ccc(-c2nc(-c3ccccc3)nc(-n3c4ccccc4c4ccc5c6ccccc6n(-c6ccc7c(c6)C(C)(C)C(C)(C)C7(C)C)c5c43)n2)cc1. The smallest absolute Gasteiger partial charge is 0.238 e. The predicted octanol–water partition coefficient (Wildman–Crippen LogP) is 12.3. The maximum atomic E-state index is 5.29. The second kappa shape index (κ2) is 11.2. The number of nitrogens with zero attached hydrogens (tertiary/aromatic N) is 5. The van der Waals surface area contributed by atoms with Gasteiger partial charge in [-0.25, -0.2) is 4.98 Å². The quantitative estimate of drug-likeness (QED) is 0.183. The summed E-state index contributed by atoms with van der Waals surface area (Å²) in [6.45, 7) is 16.6. The van der Waals surface area contributed by atoms with Gasteiger partial charge in [0.2, 0.25) is 5.95 Å². The molecule has 0 spiro atoms. The van der Waals surface area contributed by atoms with E-state index in [2.05, 4.69) is 173 Å². The Morgan fingerprint density at radius 1 is 0.444 bits per heavy atom. The van der Waals surface area contributed by atoms with Crippen LogP contribution in [0.1, 0.15) is 58.2 Å². The normalized spacial score (nSPS) is 15.8. The molecule has 10 rings (SSSR count). The average molecular weight is 702 g/mol. The molecular formula is C49H43N5. The highest BCUT2D eigenvalue weighted by atomic mass is 15.2. The van der Waals surface area contributed by atoms with Crippen LogP contribution in [0.2, 0.25) is 0 Å². The number of aromatic nitrogens is 5. The summed E-state index contributed by atoms with van der Waals surface area (Å²) in [5.74, 6) is 1.87. The first kappa shape index (κ1) is 32.6. The Balaban J connectivity index is 1.35.